The number of morpholine rings is 1. The van der Waals surface area contributed by atoms with Crippen LogP contribution < -0.4 is 15.5 Å². The van der Waals surface area contributed by atoms with Crippen molar-refractivity contribution in [3.05, 3.63) is 52.2 Å². The van der Waals surface area contributed by atoms with Gasteiger partial charge in [-0.05, 0) is 53.9 Å². The molecule has 6 nitrogen and oxygen atoms in total. The first-order valence-electron chi connectivity index (χ1n) is 9.77. The number of nitrogens with one attached hydrogen (secondary N) is 2. The first-order valence-corrected chi connectivity index (χ1v) is 10.7. The average Bonchev–Trinajstić information content (AvgIpc) is 3.27. The Hall–Kier alpha value is -2.09. The third-order valence-electron chi connectivity index (χ3n) is 4.82. The molecule has 7 heteroatoms. The highest BCUT2D eigenvalue weighted by atomic mass is 32.1. The van der Waals surface area contributed by atoms with E-state index in [-0.39, 0.29) is 0 Å². The molecule has 0 radical (unpaired) electrons. The van der Waals surface area contributed by atoms with Gasteiger partial charge < -0.3 is 25.4 Å². The zero-order valence-corrected chi connectivity index (χ0v) is 17.5. The number of ether oxygens (including phenoxy) is 1. The van der Waals surface area contributed by atoms with E-state index in [1.165, 1.54) is 5.69 Å². The van der Waals surface area contributed by atoms with Gasteiger partial charge in [-0.2, -0.15) is 11.3 Å². The summed E-state index contributed by atoms with van der Waals surface area (Å²) < 4.78 is 5.41. The van der Waals surface area contributed by atoms with Crippen molar-refractivity contribution < 1.29 is 9.84 Å². The lowest BCUT2D eigenvalue weighted by atomic mass is 9.99. The van der Waals surface area contributed by atoms with Crippen LogP contribution in [0, 0.1) is 0 Å². The standard InChI is InChI=1S/C21H30N4O2S/c1-3-22-20(24-16-21(2,26)18-8-13-28-15-18)23-14-17-4-6-19(7-5-17)25-9-11-27-12-10-25/h4-8,13,15,26H,3,9-12,14,16H2,1-2H3,(H2,22,23,24). The number of nitrogens with zero attached hydrogens (tertiary/aromatic N) is 2. The maximum Gasteiger partial charge on any atom is 0.191 e. The molecule has 0 saturated carbocycles. The van der Waals surface area contributed by atoms with E-state index in [1.54, 1.807) is 11.3 Å². The van der Waals surface area contributed by atoms with Crippen LogP contribution in [0.5, 0.6) is 0 Å². The molecule has 28 heavy (non-hydrogen) atoms. The van der Waals surface area contributed by atoms with Crippen molar-refractivity contribution in [1.82, 2.24) is 10.6 Å². The second-order valence-electron chi connectivity index (χ2n) is 7.10. The number of benzene rings is 1. The van der Waals surface area contributed by atoms with Gasteiger partial charge in [0.25, 0.3) is 0 Å². The summed E-state index contributed by atoms with van der Waals surface area (Å²) in [5.74, 6) is 0.704. The Morgan fingerprint density at radius 2 is 1.96 bits per heavy atom. The van der Waals surface area contributed by atoms with Crippen molar-refractivity contribution in [3.63, 3.8) is 0 Å². The SMILES string of the molecule is CCNC(=NCc1ccc(N2CCOCC2)cc1)NCC(C)(O)c1ccsc1. The Balaban J connectivity index is 1.57. The molecule has 0 aliphatic carbocycles. The topological polar surface area (TPSA) is 69.1 Å². The molecular weight excluding hydrogens is 372 g/mol. The molecule has 1 fully saturated rings. The van der Waals surface area contributed by atoms with Gasteiger partial charge in [0.1, 0.15) is 5.60 Å². The number of aliphatic imine (C=N–C) groups is 1. The summed E-state index contributed by atoms with van der Waals surface area (Å²) in [5.41, 5.74) is 2.36. The van der Waals surface area contributed by atoms with E-state index in [0.29, 0.717) is 19.0 Å². The summed E-state index contributed by atoms with van der Waals surface area (Å²) >= 11 is 1.59. The summed E-state index contributed by atoms with van der Waals surface area (Å²) in [6.45, 7) is 9.05. The average molecular weight is 403 g/mol. The van der Waals surface area contributed by atoms with Gasteiger partial charge in [0.05, 0.1) is 26.3 Å². The third-order valence-corrected chi connectivity index (χ3v) is 5.50. The van der Waals surface area contributed by atoms with E-state index in [1.807, 2.05) is 30.7 Å². The minimum Gasteiger partial charge on any atom is -0.384 e. The van der Waals surface area contributed by atoms with Crippen LogP contribution in [-0.4, -0.2) is 50.5 Å². The fourth-order valence-electron chi connectivity index (χ4n) is 3.07. The summed E-state index contributed by atoms with van der Waals surface area (Å²) in [6.07, 6.45) is 0. The van der Waals surface area contributed by atoms with Crippen molar-refractivity contribution >= 4 is 23.0 Å². The molecule has 2 aromatic rings. The fourth-order valence-corrected chi connectivity index (χ4v) is 3.86. The highest BCUT2D eigenvalue weighted by Gasteiger charge is 2.23. The predicted octanol–water partition coefficient (Wildman–Crippen LogP) is 2.55. The van der Waals surface area contributed by atoms with Crippen LogP contribution in [0.2, 0.25) is 0 Å². The van der Waals surface area contributed by atoms with Gasteiger partial charge in [0.15, 0.2) is 5.96 Å². The molecule has 2 heterocycles. The molecule has 1 aromatic carbocycles. The van der Waals surface area contributed by atoms with Gasteiger partial charge in [-0.1, -0.05) is 12.1 Å². The van der Waals surface area contributed by atoms with Crippen molar-refractivity contribution in [3.8, 4) is 0 Å². The largest absolute Gasteiger partial charge is 0.384 e. The Kier molecular flexibility index (Phi) is 7.30. The first kappa shape index (κ1) is 20.6. The van der Waals surface area contributed by atoms with E-state index in [0.717, 1.165) is 44.0 Å². The summed E-state index contributed by atoms with van der Waals surface area (Å²) in [6, 6.07) is 10.5. The van der Waals surface area contributed by atoms with E-state index in [2.05, 4.69) is 44.8 Å². The van der Waals surface area contributed by atoms with Crippen molar-refractivity contribution in [2.45, 2.75) is 26.0 Å². The first-order chi connectivity index (χ1) is 13.6. The van der Waals surface area contributed by atoms with Crippen LogP contribution in [-0.2, 0) is 16.9 Å². The van der Waals surface area contributed by atoms with E-state index >= 15 is 0 Å². The molecule has 0 spiro atoms. The Bertz CT molecular complexity index is 738. The van der Waals surface area contributed by atoms with Crippen LogP contribution in [0.3, 0.4) is 0 Å². The van der Waals surface area contributed by atoms with Gasteiger partial charge in [-0.3, -0.25) is 0 Å². The molecule has 1 aliphatic rings. The molecule has 152 valence electrons. The van der Waals surface area contributed by atoms with Crippen LogP contribution in [0.1, 0.15) is 25.0 Å². The number of hydrogen-bond donors (Lipinski definition) is 3. The second-order valence-corrected chi connectivity index (χ2v) is 7.88. The second kappa shape index (κ2) is 9.91. The van der Waals surface area contributed by atoms with E-state index in [9.17, 15) is 5.11 Å². The lowest BCUT2D eigenvalue weighted by molar-refractivity contribution is 0.0621. The zero-order chi connectivity index (χ0) is 19.8. The van der Waals surface area contributed by atoms with Gasteiger partial charge in [0, 0.05) is 25.3 Å². The zero-order valence-electron chi connectivity index (χ0n) is 16.6. The molecule has 0 amide bonds. The van der Waals surface area contributed by atoms with Crippen molar-refractivity contribution in [1.29, 1.82) is 0 Å². The number of thiophene rings is 1. The number of rotatable bonds is 7. The fraction of sp³-hybridized carbons (Fsp3) is 0.476. The van der Waals surface area contributed by atoms with Crippen LogP contribution >= 0.6 is 11.3 Å². The molecule has 1 aromatic heterocycles. The van der Waals surface area contributed by atoms with Gasteiger partial charge in [-0.25, -0.2) is 4.99 Å². The van der Waals surface area contributed by atoms with Crippen LogP contribution in [0.25, 0.3) is 0 Å². The molecule has 3 N–H and O–H groups in total. The third kappa shape index (κ3) is 5.70. The van der Waals surface area contributed by atoms with Gasteiger partial charge >= 0.3 is 0 Å². The normalized spacial score (nSPS) is 17.2. The summed E-state index contributed by atoms with van der Waals surface area (Å²) in [4.78, 5) is 7.00. The molecule has 1 saturated heterocycles. The van der Waals surface area contributed by atoms with Crippen LogP contribution in [0.4, 0.5) is 5.69 Å². The minimum atomic E-state index is -0.935. The quantitative estimate of drug-likeness (QED) is 0.491. The van der Waals surface area contributed by atoms with Crippen molar-refractivity contribution in [2.24, 2.45) is 4.99 Å². The molecule has 0 bridgehead atoms. The van der Waals surface area contributed by atoms with Crippen molar-refractivity contribution in [2.75, 3.05) is 44.3 Å². The molecule has 1 atom stereocenters. The molecule has 1 unspecified atom stereocenters. The summed E-state index contributed by atoms with van der Waals surface area (Å²) in [7, 11) is 0. The number of hydrogen-bond acceptors (Lipinski definition) is 5. The van der Waals surface area contributed by atoms with E-state index in [4.69, 9.17) is 4.74 Å². The maximum absolute atomic E-state index is 10.7. The Morgan fingerprint density at radius 1 is 1.21 bits per heavy atom. The van der Waals surface area contributed by atoms with E-state index < -0.39 is 5.60 Å². The van der Waals surface area contributed by atoms with Gasteiger partial charge in [-0.15, -0.1) is 0 Å². The Morgan fingerprint density at radius 3 is 2.61 bits per heavy atom. The number of aliphatic hydroxyl groups is 1. The highest BCUT2D eigenvalue weighted by molar-refractivity contribution is 7.08. The number of anilines is 1. The molecular formula is C21H30N4O2S. The monoisotopic (exact) mass is 402 g/mol. The lowest BCUT2D eigenvalue weighted by Gasteiger charge is -2.28. The molecule has 3 rings (SSSR count). The van der Waals surface area contributed by atoms with Gasteiger partial charge in [0.2, 0.25) is 0 Å². The minimum absolute atomic E-state index is 0.394. The highest BCUT2D eigenvalue weighted by Crippen LogP contribution is 2.22. The van der Waals surface area contributed by atoms with Crippen LogP contribution in [0.15, 0.2) is 46.1 Å². The number of guanidine groups is 1. The Labute approximate surface area is 171 Å². The smallest absolute Gasteiger partial charge is 0.191 e. The summed E-state index contributed by atoms with van der Waals surface area (Å²) in [5, 5.41) is 21.1. The maximum atomic E-state index is 10.7. The predicted molar refractivity (Wildman–Crippen MR) is 116 cm³/mol. The lowest BCUT2D eigenvalue weighted by Crippen LogP contribution is -2.44. The molecule has 1 aliphatic heterocycles.